The van der Waals surface area contributed by atoms with Crippen molar-refractivity contribution in [3.05, 3.63) is 76.4 Å². The zero-order valence-corrected chi connectivity index (χ0v) is 12.1. The maximum absolute atomic E-state index is 12.5. The van der Waals surface area contributed by atoms with Crippen molar-refractivity contribution in [1.82, 2.24) is 10.3 Å². The van der Waals surface area contributed by atoms with E-state index >= 15 is 0 Å². The third-order valence-corrected chi connectivity index (χ3v) is 3.64. The fraction of sp³-hybridized carbons (Fsp3) is 0.118. The van der Waals surface area contributed by atoms with Crippen LogP contribution in [0, 0.1) is 6.92 Å². The maximum atomic E-state index is 12.5. The van der Waals surface area contributed by atoms with E-state index in [1.807, 2.05) is 31.2 Å². The van der Waals surface area contributed by atoms with E-state index in [4.69, 9.17) is 5.73 Å². The summed E-state index contributed by atoms with van der Waals surface area (Å²) in [5, 5.41) is 2.98. The highest BCUT2D eigenvalue weighted by Crippen LogP contribution is 2.22. The van der Waals surface area contributed by atoms with Gasteiger partial charge in [-0.25, -0.2) is 0 Å². The number of carbonyl (C=O) groups is 2. The van der Waals surface area contributed by atoms with Gasteiger partial charge < -0.3 is 11.1 Å². The third kappa shape index (κ3) is 2.37. The summed E-state index contributed by atoms with van der Waals surface area (Å²) in [5.41, 5.74) is 8.69. The second-order valence-corrected chi connectivity index (χ2v) is 5.21. The number of aromatic nitrogens is 1. The summed E-state index contributed by atoms with van der Waals surface area (Å²) in [6, 6.07) is 9.41. The number of fused-ring (bicyclic) bond motifs is 1. The Morgan fingerprint density at radius 1 is 1.05 bits per heavy atom. The number of allylic oxidation sites excluding steroid dienone is 2. The number of carbonyl (C=O) groups excluding carboxylic acids is 2. The Bertz CT molecular complexity index is 792. The molecule has 5 nitrogen and oxygen atoms in total. The van der Waals surface area contributed by atoms with Crippen LogP contribution in [0.1, 0.15) is 31.8 Å². The average Bonchev–Trinajstić information content (AvgIpc) is 2.54. The van der Waals surface area contributed by atoms with Gasteiger partial charge in [0.25, 0.3) is 0 Å². The molecule has 0 saturated heterocycles. The second-order valence-electron chi connectivity index (χ2n) is 5.21. The molecule has 110 valence electrons. The fourth-order valence-electron chi connectivity index (χ4n) is 2.36. The molecular weight excluding hydrogens is 278 g/mol. The summed E-state index contributed by atoms with van der Waals surface area (Å²) in [4.78, 5) is 28.6. The normalized spacial score (nSPS) is 14.0. The second kappa shape index (κ2) is 5.44. The van der Waals surface area contributed by atoms with Crippen LogP contribution in [0.15, 0.2) is 54.1 Å². The number of nitrogens with one attached hydrogen (secondary N) is 1. The third-order valence-electron chi connectivity index (χ3n) is 3.64. The molecule has 1 aromatic heterocycles. The van der Waals surface area contributed by atoms with E-state index in [1.165, 1.54) is 18.5 Å². The molecule has 1 aromatic carbocycles. The molecule has 1 heterocycles. The highest BCUT2D eigenvalue weighted by molar-refractivity contribution is 6.26. The topological polar surface area (TPSA) is 85.1 Å². The lowest BCUT2D eigenvalue weighted by molar-refractivity contribution is 0.0966. The van der Waals surface area contributed by atoms with Gasteiger partial charge in [0.2, 0.25) is 11.6 Å². The molecule has 0 unspecified atom stereocenters. The van der Waals surface area contributed by atoms with E-state index in [-0.39, 0.29) is 28.5 Å². The van der Waals surface area contributed by atoms with Crippen molar-refractivity contribution in [2.75, 3.05) is 0 Å². The molecule has 0 radical (unpaired) electrons. The summed E-state index contributed by atoms with van der Waals surface area (Å²) < 4.78 is 0. The highest BCUT2D eigenvalue weighted by atomic mass is 16.1. The SMILES string of the molecule is Cc1ccc(CNC2=C(N)C(=O)c3ccncc3C2=O)cc1. The van der Waals surface area contributed by atoms with E-state index in [2.05, 4.69) is 10.3 Å². The molecule has 0 spiro atoms. The van der Waals surface area contributed by atoms with Crippen LogP contribution in [0.3, 0.4) is 0 Å². The summed E-state index contributed by atoms with van der Waals surface area (Å²) in [7, 11) is 0. The first-order chi connectivity index (χ1) is 10.6. The van der Waals surface area contributed by atoms with Crippen molar-refractivity contribution in [3.63, 3.8) is 0 Å². The highest BCUT2D eigenvalue weighted by Gasteiger charge is 2.30. The Morgan fingerprint density at radius 2 is 1.77 bits per heavy atom. The van der Waals surface area contributed by atoms with E-state index in [9.17, 15) is 9.59 Å². The zero-order valence-electron chi connectivity index (χ0n) is 12.1. The Kier molecular flexibility index (Phi) is 3.47. The minimum absolute atomic E-state index is 0.0455. The molecule has 0 atom stereocenters. The first kappa shape index (κ1) is 14.0. The van der Waals surface area contributed by atoms with Crippen LogP contribution in [0.5, 0.6) is 0 Å². The summed E-state index contributed by atoms with van der Waals surface area (Å²) in [5.74, 6) is -0.643. The molecule has 1 aliphatic rings. The lowest BCUT2D eigenvalue weighted by Crippen LogP contribution is -2.33. The summed E-state index contributed by atoms with van der Waals surface area (Å²) in [6.07, 6.45) is 2.87. The Hall–Kier alpha value is -2.95. The van der Waals surface area contributed by atoms with Crippen LogP contribution >= 0.6 is 0 Å². The molecule has 5 heteroatoms. The van der Waals surface area contributed by atoms with Crippen molar-refractivity contribution in [2.24, 2.45) is 5.73 Å². The number of rotatable bonds is 3. The fourth-order valence-corrected chi connectivity index (χ4v) is 2.36. The molecule has 2 aromatic rings. The van der Waals surface area contributed by atoms with Gasteiger partial charge >= 0.3 is 0 Å². The minimum atomic E-state index is -0.344. The Morgan fingerprint density at radius 3 is 2.50 bits per heavy atom. The van der Waals surface area contributed by atoms with E-state index in [0.717, 1.165) is 11.1 Å². The average molecular weight is 293 g/mol. The van der Waals surface area contributed by atoms with Gasteiger partial charge in [-0.05, 0) is 18.6 Å². The van der Waals surface area contributed by atoms with Crippen LogP contribution in [0.4, 0.5) is 0 Å². The predicted molar refractivity (Wildman–Crippen MR) is 82.1 cm³/mol. The summed E-state index contributed by atoms with van der Waals surface area (Å²) >= 11 is 0. The maximum Gasteiger partial charge on any atom is 0.213 e. The van der Waals surface area contributed by atoms with E-state index in [1.54, 1.807) is 0 Å². The number of nitrogens with zero attached hydrogens (tertiary/aromatic N) is 1. The standard InChI is InChI=1S/C17H15N3O2/c1-10-2-4-11(5-3-10)8-20-15-14(18)16(21)12-6-7-19-9-13(12)17(15)22/h2-7,9,20H,8,18H2,1H3. The largest absolute Gasteiger partial charge is 0.394 e. The lowest BCUT2D eigenvalue weighted by Gasteiger charge is -2.19. The van der Waals surface area contributed by atoms with Gasteiger partial charge in [0.15, 0.2) is 0 Å². The van der Waals surface area contributed by atoms with Crippen LogP contribution in [0.25, 0.3) is 0 Å². The molecule has 0 aliphatic heterocycles. The Balaban J connectivity index is 1.87. The molecular formula is C17H15N3O2. The number of Topliss-reactive ketones (excluding diaryl/α,β-unsaturated/α-hetero) is 2. The van der Waals surface area contributed by atoms with Crippen LogP contribution in [0.2, 0.25) is 0 Å². The van der Waals surface area contributed by atoms with E-state index < -0.39 is 0 Å². The number of pyridine rings is 1. The van der Waals surface area contributed by atoms with Gasteiger partial charge in [0, 0.05) is 24.5 Å². The number of benzene rings is 1. The lowest BCUT2D eigenvalue weighted by atomic mass is 9.92. The van der Waals surface area contributed by atoms with Gasteiger partial charge in [-0.15, -0.1) is 0 Å². The quantitative estimate of drug-likeness (QED) is 0.900. The number of nitrogens with two attached hydrogens (primary N) is 1. The van der Waals surface area contributed by atoms with Gasteiger partial charge in [0.05, 0.1) is 5.56 Å². The monoisotopic (exact) mass is 293 g/mol. The minimum Gasteiger partial charge on any atom is -0.394 e. The molecule has 3 rings (SSSR count). The number of hydrogen-bond donors (Lipinski definition) is 2. The molecule has 0 saturated carbocycles. The Labute approximate surface area is 127 Å². The molecule has 3 N–H and O–H groups in total. The molecule has 0 fully saturated rings. The number of ketones is 2. The van der Waals surface area contributed by atoms with Crippen molar-refractivity contribution in [3.8, 4) is 0 Å². The van der Waals surface area contributed by atoms with E-state index in [0.29, 0.717) is 12.1 Å². The smallest absolute Gasteiger partial charge is 0.213 e. The van der Waals surface area contributed by atoms with Crippen molar-refractivity contribution in [2.45, 2.75) is 13.5 Å². The molecule has 1 aliphatic carbocycles. The van der Waals surface area contributed by atoms with Crippen molar-refractivity contribution in [1.29, 1.82) is 0 Å². The van der Waals surface area contributed by atoms with Crippen LogP contribution in [-0.2, 0) is 6.54 Å². The van der Waals surface area contributed by atoms with Gasteiger partial charge in [0.1, 0.15) is 11.4 Å². The van der Waals surface area contributed by atoms with Crippen LogP contribution in [-0.4, -0.2) is 16.6 Å². The molecule has 22 heavy (non-hydrogen) atoms. The first-order valence-corrected chi connectivity index (χ1v) is 6.90. The molecule has 0 bridgehead atoms. The van der Waals surface area contributed by atoms with Gasteiger partial charge in [-0.1, -0.05) is 29.8 Å². The number of hydrogen-bond acceptors (Lipinski definition) is 5. The first-order valence-electron chi connectivity index (χ1n) is 6.90. The zero-order chi connectivity index (χ0) is 15.7. The predicted octanol–water partition coefficient (Wildman–Crippen LogP) is 1.73. The summed E-state index contributed by atoms with van der Waals surface area (Å²) in [6.45, 7) is 2.43. The number of aryl methyl sites for hydroxylation is 1. The van der Waals surface area contributed by atoms with Crippen molar-refractivity contribution >= 4 is 11.6 Å². The van der Waals surface area contributed by atoms with Crippen molar-refractivity contribution < 1.29 is 9.59 Å². The molecule has 0 amide bonds. The van der Waals surface area contributed by atoms with Gasteiger partial charge in [-0.3, -0.25) is 14.6 Å². The van der Waals surface area contributed by atoms with Crippen LogP contribution < -0.4 is 11.1 Å². The van der Waals surface area contributed by atoms with Gasteiger partial charge in [-0.2, -0.15) is 0 Å².